The van der Waals surface area contributed by atoms with Gasteiger partial charge < -0.3 is 10.6 Å². The number of nitrogens with two attached hydrogens (primary N) is 1. The number of alkyl halides is 3. The summed E-state index contributed by atoms with van der Waals surface area (Å²) in [5, 5.41) is 0. The fraction of sp³-hybridized carbons (Fsp3) is 0.600. The van der Waals surface area contributed by atoms with E-state index < -0.39 is 11.7 Å². The van der Waals surface area contributed by atoms with Crippen LogP contribution in [0, 0.1) is 5.92 Å². The summed E-state index contributed by atoms with van der Waals surface area (Å²) in [5.74, 6) is 0.501. The molecule has 0 spiro atoms. The molecule has 2 rings (SSSR count). The molecule has 20 heavy (non-hydrogen) atoms. The summed E-state index contributed by atoms with van der Waals surface area (Å²) in [6.45, 7) is 2.17. The van der Waals surface area contributed by atoms with E-state index in [0.717, 1.165) is 25.3 Å². The zero-order chi connectivity index (χ0) is 14.9. The lowest BCUT2D eigenvalue weighted by atomic mass is 9.85. The molecule has 1 aromatic rings. The maximum absolute atomic E-state index is 12.9. The van der Waals surface area contributed by atoms with E-state index >= 15 is 0 Å². The van der Waals surface area contributed by atoms with Gasteiger partial charge in [-0.25, -0.2) is 0 Å². The highest BCUT2D eigenvalue weighted by Gasteiger charge is 2.34. The first-order valence-corrected chi connectivity index (χ1v) is 7.00. The Kier molecular flexibility index (Phi) is 4.16. The lowest BCUT2D eigenvalue weighted by Crippen LogP contribution is -2.39. The summed E-state index contributed by atoms with van der Waals surface area (Å²) in [5.41, 5.74) is 5.07. The van der Waals surface area contributed by atoms with Crippen LogP contribution >= 0.6 is 0 Å². The van der Waals surface area contributed by atoms with Crippen LogP contribution in [0.3, 0.4) is 0 Å². The molecule has 112 valence electrons. The van der Waals surface area contributed by atoms with Crippen molar-refractivity contribution < 1.29 is 13.2 Å². The van der Waals surface area contributed by atoms with Crippen LogP contribution in [0.4, 0.5) is 24.5 Å². The predicted octanol–water partition coefficient (Wildman–Crippen LogP) is 4.30. The van der Waals surface area contributed by atoms with E-state index in [4.69, 9.17) is 5.73 Å². The maximum Gasteiger partial charge on any atom is 0.418 e. The number of hydrogen-bond acceptors (Lipinski definition) is 2. The van der Waals surface area contributed by atoms with Gasteiger partial charge in [0.15, 0.2) is 0 Å². The summed E-state index contributed by atoms with van der Waals surface area (Å²) in [7, 11) is 1.87. The third-order valence-corrected chi connectivity index (χ3v) is 4.31. The topological polar surface area (TPSA) is 29.3 Å². The average molecular weight is 286 g/mol. The molecular weight excluding hydrogens is 265 g/mol. The second-order valence-electron chi connectivity index (χ2n) is 5.71. The van der Waals surface area contributed by atoms with Crippen molar-refractivity contribution in [3.05, 3.63) is 23.8 Å². The van der Waals surface area contributed by atoms with Crippen LogP contribution in [-0.2, 0) is 6.18 Å². The van der Waals surface area contributed by atoms with Crippen molar-refractivity contribution in [2.45, 2.75) is 44.8 Å². The molecule has 5 heteroatoms. The highest BCUT2D eigenvalue weighted by Crippen LogP contribution is 2.37. The van der Waals surface area contributed by atoms with Crippen molar-refractivity contribution in [1.82, 2.24) is 0 Å². The Morgan fingerprint density at radius 1 is 1.20 bits per heavy atom. The lowest BCUT2D eigenvalue weighted by Gasteiger charge is -2.38. The third-order valence-electron chi connectivity index (χ3n) is 4.31. The van der Waals surface area contributed by atoms with Crippen molar-refractivity contribution in [2.75, 3.05) is 17.7 Å². The van der Waals surface area contributed by atoms with E-state index in [9.17, 15) is 13.2 Å². The zero-order valence-corrected chi connectivity index (χ0v) is 11.9. The molecule has 2 atom stereocenters. The number of halogens is 3. The van der Waals surface area contributed by atoms with Gasteiger partial charge in [-0.15, -0.1) is 0 Å². The number of hydrogen-bond donors (Lipinski definition) is 1. The van der Waals surface area contributed by atoms with E-state index in [1.54, 1.807) is 6.07 Å². The minimum Gasteiger partial charge on any atom is -0.398 e. The van der Waals surface area contributed by atoms with E-state index in [1.807, 2.05) is 11.9 Å². The largest absolute Gasteiger partial charge is 0.418 e. The molecular formula is C15H21F3N2. The van der Waals surface area contributed by atoms with Crippen molar-refractivity contribution in [3.8, 4) is 0 Å². The van der Waals surface area contributed by atoms with Gasteiger partial charge in [-0.1, -0.05) is 19.8 Å². The van der Waals surface area contributed by atoms with Gasteiger partial charge in [0.2, 0.25) is 0 Å². The van der Waals surface area contributed by atoms with Gasteiger partial charge in [0.25, 0.3) is 0 Å². The quantitative estimate of drug-likeness (QED) is 0.821. The Hall–Kier alpha value is -1.39. The van der Waals surface area contributed by atoms with E-state index in [-0.39, 0.29) is 5.69 Å². The molecule has 2 nitrogen and oxygen atoms in total. The Labute approximate surface area is 117 Å². The Morgan fingerprint density at radius 3 is 2.45 bits per heavy atom. The molecule has 0 heterocycles. The van der Waals surface area contributed by atoms with Crippen molar-refractivity contribution in [3.63, 3.8) is 0 Å². The first kappa shape index (κ1) is 15.0. The van der Waals surface area contributed by atoms with Gasteiger partial charge in [-0.3, -0.25) is 0 Å². The molecule has 0 aliphatic heterocycles. The molecule has 0 bridgehead atoms. The lowest BCUT2D eigenvalue weighted by molar-refractivity contribution is -0.136. The number of anilines is 2. The summed E-state index contributed by atoms with van der Waals surface area (Å²) < 4.78 is 38.7. The van der Waals surface area contributed by atoms with E-state index in [1.165, 1.54) is 12.5 Å². The fourth-order valence-corrected chi connectivity index (χ4v) is 3.07. The Balaban J connectivity index is 2.28. The highest BCUT2D eigenvalue weighted by atomic mass is 19.4. The molecule has 1 fully saturated rings. The molecule has 0 amide bonds. The van der Waals surface area contributed by atoms with E-state index in [0.29, 0.717) is 17.6 Å². The van der Waals surface area contributed by atoms with Gasteiger partial charge in [0.05, 0.1) is 5.56 Å². The number of nitrogen functional groups attached to an aromatic ring is 1. The average Bonchev–Trinajstić information content (AvgIpc) is 2.37. The molecule has 1 aliphatic carbocycles. The minimum atomic E-state index is -4.40. The first-order valence-electron chi connectivity index (χ1n) is 7.00. The Morgan fingerprint density at radius 2 is 1.85 bits per heavy atom. The monoisotopic (exact) mass is 286 g/mol. The van der Waals surface area contributed by atoms with Gasteiger partial charge in [-0.05, 0) is 37.0 Å². The van der Waals surface area contributed by atoms with Gasteiger partial charge in [-0.2, -0.15) is 13.2 Å². The summed E-state index contributed by atoms with van der Waals surface area (Å²) in [6.07, 6.45) is 0.111. The molecule has 0 saturated heterocycles. The van der Waals surface area contributed by atoms with E-state index in [2.05, 4.69) is 6.92 Å². The standard InChI is InChI=1S/C15H21F3N2/c1-10-5-3-4-6-14(10)20(2)11-7-8-13(19)12(9-11)15(16,17)18/h7-10,14H,3-6,19H2,1-2H3. The normalized spacial score (nSPS) is 23.6. The summed E-state index contributed by atoms with van der Waals surface area (Å²) in [6, 6.07) is 4.48. The van der Waals surface area contributed by atoms with Gasteiger partial charge in [0, 0.05) is 24.5 Å². The van der Waals surface area contributed by atoms with Crippen LogP contribution in [-0.4, -0.2) is 13.1 Å². The Bertz CT molecular complexity index is 471. The summed E-state index contributed by atoms with van der Waals surface area (Å²) >= 11 is 0. The third kappa shape index (κ3) is 3.02. The second-order valence-corrected chi connectivity index (χ2v) is 5.71. The SMILES string of the molecule is CC1CCCCC1N(C)c1ccc(N)c(C(F)(F)F)c1. The predicted molar refractivity (Wildman–Crippen MR) is 75.7 cm³/mol. The number of rotatable bonds is 2. The molecule has 2 unspecified atom stereocenters. The van der Waals surface area contributed by atoms with Crippen molar-refractivity contribution in [1.29, 1.82) is 0 Å². The maximum atomic E-state index is 12.9. The molecule has 1 aliphatic rings. The van der Waals surface area contributed by atoms with Gasteiger partial charge >= 0.3 is 6.18 Å². The fourth-order valence-electron chi connectivity index (χ4n) is 3.07. The molecule has 0 radical (unpaired) electrons. The van der Waals surface area contributed by atoms with Crippen LogP contribution in [0.1, 0.15) is 38.2 Å². The number of nitrogens with zero attached hydrogens (tertiary/aromatic N) is 1. The second kappa shape index (κ2) is 5.54. The molecule has 2 N–H and O–H groups in total. The van der Waals surface area contributed by atoms with Crippen LogP contribution in [0.5, 0.6) is 0 Å². The summed E-state index contributed by atoms with van der Waals surface area (Å²) in [4.78, 5) is 1.97. The van der Waals surface area contributed by atoms with Gasteiger partial charge in [0.1, 0.15) is 0 Å². The number of benzene rings is 1. The van der Waals surface area contributed by atoms with Crippen molar-refractivity contribution >= 4 is 11.4 Å². The van der Waals surface area contributed by atoms with Crippen LogP contribution < -0.4 is 10.6 Å². The van der Waals surface area contributed by atoms with Crippen LogP contribution in [0.25, 0.3) is 0 Å². The first-order chi connectivity index (χ1) is 9.30. The van der Waals surface area contributed by atoms with Crippen molar-refractivity contribution in [2.24, 2.45) is 5.92 Å². The smallest absolute Gasteiger partial charge is 0.398 e. The zero-order valence-electron chi connectivity index (χ0n) is 11.9. The van der Waals surface area contributed by atoms with Crippen LogP contribution in [0.2, 0.25) is 0 Å². The minimum absolute atomic E-state index is 0.216. The molecule has 1 aromatic carbocycles. The highest BCUT2D eigenvalue weighted by molar-refractivity contribution is 5.59. The van der Waals surface area contributed by atoms with Crippen LogP contribution in [0.15, 0.2) is 18.2 Å². The molecule has 0 aromatic heterocycles. The molecule has 1 saturated carbocycles.